The van der Waals surface area contributed by atoms with Crippen LogP contribution in [-0.4, -0.2) is 34.1 Å². The van der Waals surface area contributed by atoms with E-state index in [0.717, 1.165) is 23.3 Å². The van der Waals surface area contributed by atoms with Crippen molar-refractivity contribution in [2.45, 2.75) is 12.5 Å². The molecule has 1 unspecified atom stereocenters. The third-order valence-corrected chi connectivity index (χ3v) is 3.82. The molecule has 2 aromatic rings. The van der Waals surface area contributed by atoms with Gasteiger partial charge in [-0.1, -0.05) is 0 Å². The van der Waals surface area contributed by atoms with Crippen LogP contribution in [0, 0.1) is 5.82 Å². The standard InChI is InChI=1S/C13H13BrFN5/c14-10-6-16-8-18-12(10)19-9-3-5-20(7-9)13-11(15)2-1-4-17-13/h1-2,4,6,8-9H,3,5,7H2,(H,16,18,19). The minimum Gasteiger partial charge on any atom is -0.364 e. The minimum atomic E-state index is -0.281. The van der Waals surface area contributed by atoms with E-state index in [4.69, 9.17) is 0 Å². The van der Waals surface area contributed by atoms with Crippen molar-refractivity contribution in [3.05, 3.63) is 41.1 Å². The lowest BCUT2D eigenvalue weighted by molar-refractivity contribution is 0.615. The number of hydrogen-bond acceptors (Lipinski definition) is 5. The highest BCUT2D eigenvalue weighted by Gasteiger charge is 2.25. The molecule has 2 aromatic heterocycles. The molecule has 3 heterocycles. The summed E-state index contributed by atoms with van der Waals surface area (Å²) in [6, 6.07) is 3.25. The van der Waals surface area contributed by atoms with Crippen LogP contribution in [0.5, 0.6) is 0 Å². The Morgan fingerprint density at radius 2 is 2.30 bits per heavy atom. The summed E-state index contributed by atoms with van der Waals surface area (Å²) in [5.74, 6) is 0.892. The number of aromatic nitrogens is 3. The number of nitrogens with one attached hydrogen (secondary N) is 1. The second-order valence-electron chi connectivity index (χ2n) is 4.60. The van der Waals surface area contributed by atoms with Crippen molar-refractivity contribution in [3.63, 3.8) is 0 Å². The van der Waals surface area contributed by atoms with Gasteiger partial charge < -0.3 is 10.2 Å². The molecule has 1 fully saturated rings. The van der Waals surface area contributed by atoms with Gasteiger partial charge in [0.05, 0.1) is 4.47 Å². The van der Waals surface area contributed by atoms with Crippen LogP contribution in [0.25, 0.3) is 0 Å². The van der Waals surface area contributed by atoms with E-state index in [-0.39, 0.29) is 11.9 Å². The van der Waals surface area contributed by atoms with Crippen LogP contribution in [-0.2, 0) is 0 Å². The molecule has 0 radical (unpaired) electrons. The number of nitrogens with zero attached hydrogens (tertiary/aromatic N) is 4. The average Bonchev–Trinajstić information content (AvgIpc) is 2.90. The van der Waals surface area contributed by atoms with Crippen LogP contribution in [0.1, 0.15) is 6.42 Å². The van der Waals surface area contributed by atoms with Crippen molar-refractivity contribution < 1.29 is 4.39 Å². The zero-order valence-electron chi connectivity index (χ0n) is 10.6. The van der Waals surface area contributed by atoms with E-state index in [0.29, 0.717) is 12.4 Å². The van der Waals surface area contributed by atoms with Crippen molar-refractivity contribution >= 4 is 27.6 Å². The van der Waals surface area contributed by atoms with Gasteiger partial charge in [-0.05, 0) is 34.5 Å². The molecule has 0 aliphatic carbocycles. The smallest absolute Gasteiger partial charge is 0.165 e. The molecule has 3 rings (SSSR count). The van der Waals surface area contributed by atoms with Gasteiger partial charge in [-0.2, -0.15) is 0 Å². The Morgan fingerprint density at radius 1 is 1.40 bits per heavy atom. The van der Waals surface area contributed by atoms with Gasteiger partial charge in [-0.25, -0.2) is 19.3 Å². The highest BCUT2D eigenvalue weighted by atomic mass is 79.9. The van der Waals surface area contributed by atoms with E-state index in [1.54, 1.807) is 18.5 Å². The van der Waals surface area contributed by atoms with Crippen LogP contribution in [0.4, 0.5) is 16.0 Å². The number of hydrogen-bond donors (Lipinski definition) is 1. The predicted molar refractivity (Wildman–Crippen MR) is 78.2 cm³/mol. The van der Waals surface area contributed by atoms with Gasteiger partial charge in [0.2, 0.25) is 0 Å². The topological polar surface area (TPSA) is 53.9 Å². The maximum atomic E-state index is 13.7. The monoisotopic (exact) mass is 337 g/mol. The Hall–Kier alpha value is -1.76. The number of rotatable bonds is 3. The number of halogens is 2. The minimum absolute atomic E-state index is 0.211. The molecule has 0 spiro atoms. The Kier molecular flexibility index (Phi) is 3.77. The average molecular weight is 338 g/mol. The third-order valence-electron chi connectivity index (χ3n) is 3.24. The predicted octanol–water partition coefficient (Wildman–Crippen LogP) is 2.46. The van der Waals surface area contributed by atoms with Crippen LogP contribution in [0.2, 0.25) is 0 Å². The van der Waals surface area contributed by atoms with Gasteiger partial charge >= 0.3 is 0 Å². The summed E-state index contributed by atoms with van der Waals surface area (Å²) in [6.45, 7) is 1.47. The zero-order valence-corrected chi connectivity index (χ0v) is 12.2. The van der Waals surface area contributed by atoms with Crippen molar-refractivity contribution in [1.82, 2.24) is 15.0 Å². The first-order valence-corrected chi connectivity index (χ1v) is 7.11. The zero-order chi connectivity index (χ0) is 13.9. The fourth-order valence-electron chi connectivity index (χ4n) is 2.29. The van der Waals surface area contributed by atoms with E-state index in [1.165, 1.54) is 12.4 Å². The third kappa shape index (κ3) is 2.72. The van der Waals surface area contributed by atoms with E-state index in [9.17, 15) is 4.39 Å². The summed E-state index contributed by atoms with van der Waals surface area (Å²) in [7, 11) is 0. The second kappa shape index (κ2) is 5.70. The van der Waals surface area contributed by atoms with Crippen molar-refractivity contribution in [2.24, 2.45) is 0 Å². The molecule has 0 bridgehead atoms. The van der Waals surface area contributed by atoms with E-state index < -0.39 is 0 Å². The molecule has 20 heavy (non-hydrogen) atoms. The molecule has 1 N–H and O–H groups in total. The van der Waals surface area contributed by atoms with Gasteiger partial charge in [-0.3, -0.25) is 0 Å². The summed E-state index contributed by atoms with van der Waals surface area (Å²) in [4.78, 5) is 14.2. The van der Waals surface area contributed by atoms with E-state index in [2.05, 4.69) is 36.2 Å². The second-order valence-corrected chi connectivity index (χ2v) is 5.46. The lowest BCUT2D eigenvalue weighted by atomic mass is 10.2. The first-order chi connectivity index (χ1) is 9.74. The van der Waals surface area contributed by atoms with Gasteiger partial charge in [-0.15, -0.1) is 0 Å². The maximum Gasteiger partial charge on any atom is 0.165 e. The molecular weight excluding hydrogens is 325 g/mol. The first kappa shape index (κ1) is 13.2. The summed E-state index contributed by atoms with van der Waals surface area (Å²) in [6.07, 6.45) is 5.71. The van der Waals surface area contributed by atoms with E-state index in [1.807, 2.05) is 4.90 Å². The Morgan fingerprint density at radius 3 is 3.10 bits per heavy atom. The fourth-order valence-corrected chi connectivity index (χ4v) is 2.63. The Bertz CT molecular complexity index is 609. The molecular formula is C13H13BrFN5. The molecule has 1 aliphatic rings. The summed E-state index contributed by atoms with van der Waals surface area (Å²) >= 11 is 3.40. The quantitative estimate of drug-likeness (QED) is 0.932. The Balaban J connectivity index is 1.69. The molecule has 7 heteroatoms. The van der Waals surface area contributed by atoms with E-state index >= 15 is 0 Å². The largest absolute Gasteiger partial charge is 0.364 e. The van der Waals surface area contributed by atoms with Gasteiger partial charge in [0.15, 0.2) is 11.6 Å². The number of pyridine rings is 1. The van der Waals surface area contributed by atoms with Gasteiger partial charge in [0.25, 0.3) is 0 Å². The first-order valence-electron chi connectivity index (χ1n) is 6.31. The van der Waals surface area contributed by atoms with Crippen molar-refractivity contribution in [3.8, 4) is 0 Å². The normalized spacial score (nSPS) is 18.3. The maximum absolute atomic E-state index is 13.7. The summed E-state index contributed by atoms with van der Waals surface area (Å²) < 4.78 is 14.5. The fraction of sp³-hybridized carbons (Fsp3) is 0.308. The SMILES string of the molecule is Fc1cccnc1N1CCC(Nc2ncncc2Br)C1. The molecule has 1 aliphatic heterocycles. The van der Waals surface area contributed by atoms with Crippen LogP contribution < -0.4 is 10.2 Å². The summed E-state index contributed by atoms with van der Waals surface area (Å²) in [5, 5.41) is 3.34. The molecule has 1 atom stereocenters. The van der Waals surface area contributed by atoms with Gasteiger partial charge in [0.1, 0.15) is 12.1 Å². The molecule has 0 aromatic carbocycles. The van der Waals surface area contributed by atoms with Crippen molar-refractivity contribution in [2.75, 3.05) is 23.3 Å². The highest BCUT2D eigenvalue weighted by molar-refractivity contribution is 9.10. The molecule has 104 valence electrons. The van der Waals surface area contributed by atoms with Gasteiger partial charge in [0, 0.05) is 31.5 Å². The number of anilines is 2. The van der Waals surface area contributed by atoms with Crippen molar-refractivity contribution in [1.29, 1.82) is 0 Å². The van der Waals surface area contributed by atoms with Crippen LogP contribution >= 0.6 is 15.9 Å². The van der Waals surface area contributed by atoms with Crippen LogP contribution in [0.3, 0.4) is 0 Å². The molecule has 1 saturated heterocycles. The molecule has 0 amide bonds. The highest BCUT2D eigenvalue weighted by Crippen LogP contribution is 2.24. The van der Waals surface area contributed by atoms with Crippen LogP contribution in [0.15, 0.2) is 35.3 Å². The lowest BCUT2D eigenvalue weighted by Gasteiger charge is -2.18. The molecule has 5 nitrogen and oxygen atoms in total. The molecule has 0 saturated carbocycles. The summed E-state index contributed by atoms with van der Waals surface area (Å²) in [5.41, 5.74) is 0. The Labute approximate surface area is 124 Å². The lowest BCUT2D eigenvalue weighted by Crippen LogP contribution is -2.27.